The standard InChI is InChI=1S/C15H22N2O4S/c1-12(11-21-2)16-15(18)13-6-5-7-14(10-13)22(19,20)17-8-3-4-9-17/h5-7,10,12H,3-4,8-9,11H2,1-2H3,(H,16,18). The summed E-state index contributed by atoms with van der Waals surface area (Å²) in [6.07, 6.45) is 1.77. The van der Waals surface area contributed by atoms with E-state index in [-0.39, 0.29) is 16.8 Å². The summed E-state index contributed by atoms with van der Waals surface area (Å²) in [5.41, 5.74) is 0.336. The van der Waals surface area contributed by atoms with Gasteiger partial charge in [-0.05, 0) is 38.0 Å². The molecule has 1 N–H and O–H groups in total. The van der Waals surface area contributed by atoms with Crippen LogP contribution in [0.2, 0.25) is 0 Å². The van der Waals surface area contributed by atoms with Crippen molar-refractivity contribution in [3.05, 3.63) is 29.8 Å². The van der Waals surface area contributed by atoms with E-state index in [1.54, 1.807) is 19.2 Å². The van der Waals surface area contributed by atoms with Gasteiger partial charge in [0.15, 0.2) is 0 Å². The number of nitrogens with one attached hydrogen (secondary N) is 1. The van der Waals surface area contributed by atoms with Gasteiger partial charge >= 0.3 is 0 Å². The topological polar surface area (TPSA) is 75.7 Å². The average Bonchev–Trinajstić information content (AvgIpc) is 3.02. The molecule has 0 saturated carbocycles. The van der Waals surface area contributed by atoms with Crippen molar-refractivity contribution < 1.29 is 17.9 Å². The molecule has 1 aromatic carbocycles. The van der Waals surface area contributed by atoms with Gasteiger partial charge in [0, 0.05) is 31.8 Å². The van der Waals surface area contributed by atoms with Crippen LogP contribution in [0.5, 0.6) is 0 Å². The lowest BCUT2D eigenvalue weighted by molar-refractivity contribution is 0.0905. The zero-order valence-electron chi connectivity index (χ0n) is 12.9. The molecule has 0 bridgehead atoms. The van der Waals surface area contributed by atoms with E-state index in [2.05, 4.69) is 5.32 Å². The lowest BCUT2D eigenvalue weighted by Crippen LogP contribution is -2.35. The Bertz CT molecular complexity index is 624. The van der Waals surface area contributed by atoms with Gasteiger partial charge in [-0.3, -0.25) is 4.79 Å². The van der Waals surface area contributed by atoms with Crippen LogP contribution in [-0.2, 0) is 14.8 Å². The number of rotatable bonds is 6. The number of amides is 1. The summed E-state index contributed by atoms with van der Waals surface area (Å²) in [5, 5.41) is 2.77. The second kappa shape index (κ2) is 7.21. The number of hydrogen-bond acceptors (Lipinski definition) is 4. The van der Waals surface area contributed by atoms with Gasteiger partial charge in [0.1, 0.15) is 0 Å². The smallest absolute Gasteiger partial charge is 0.251 e. The number of sulfonamides is 1. The SMILES string of the molecule is COCC(C)NC(=O)c1cccc(S(=O)(=O)N2CCCC2)c1. The fourth-order valence-corrected chi connectivity index (χ4v) is 4.04. The van der Waals surface area contributed by atoms with Crippen LogP contribution in [-0.4, -0.2) is 51.5 Å². The van der Waals surface area contributed by atoms with E-state index in [0.29, 0.717) is 25.3 Å². The van der Waals surface area contributed by atoms with Crippen molar-refractivity contribution in [2.24, 2.45) is 0 Å². The van der Waals surface area contributed by atoms with Crippen molar-refractivity contribution in [2.75, 3.05) is 26.8 Å². The molecule has 1 aromatic rings. The maximum atomic E-state index is 12.5. The molecule has 122 valence electrons. The molecule has 0 aliphatic carbocycles. The number of carbonyl (C=O) groups is 1. The Labute approximate surface area is 131 Å². The van der Waals surface area contributed by atoms with Crippen LogP contribution >= 0.6 is 0 Å². The number of hydrogen-bond donors (Lipinski definition) is 1. The van der Waals surface area contributed by atoms with Crippen LogP contribution in [0, 0.1) is 0 Å². The maximum absolute atomic E-state index is 12.5. The highest BCUT2D eigenvalue weighted by Crippen LogP contribution is 2.21. The normalized spacial score (nSPS) is 17.4. The Morgan fingerprint density at radius 2 is 2.05 bits per heavy atom. The van der Waals surface area contributed by atoms with E-state index in [0.717, 1.165) is 12.8 Å². The van der Waals surface area contributed by atoms with Crippen LogP contribution in [0.25, 0.3) is 0 Å². The van der Waals surface area contributed by atoms with E-state index in [4.69, 9.17) is 4.74 Å². The van der Waals surface area contributed by atoms with Gasteiger partial charge in [-0.2, -0.15) is 4.31 Å². The van der Waals surface area contributed by atoms with Gasteiger partial charge < -0.3 is 10.1 Å². The number of carbonyl (C=O) groups excluding carboxylic acids is 1. The summed E-state index contributed by atoms with van der Waals surface area (Å²) in [5.74, 6) is -0.303. The number of benzene rings is 1. The van der Waals surface area contributed by atoms with Gasteiger partial charge in [-0.1, -0.05) is 6.07 Å². The highest BCUT2D eigenvalue weighted by Gasteiger charge is 2.27. The molecule has 1 heterocycles. The minimum Gasteiger partial charge on any atom is -0.383 e. The third-order valence-corrected chi connectivity index (χ3v) is 5.49. The van der Waals surface area contributed by atoms with Gasteiger partial charge in [-0.15, -0.1) is 0 Å². The largest absolute Gasteiger partial charge is 0.383 e. The molecule has 0 radical (unpaired) electrons. The number of methoxy groups -OCH3 is 1. The summed E-state index contributed by atoms with van der Waals surface area (Å²) in [6, 6.07) is 6.03. The average molecular weight is 326 g/mol. The molecule has 1 unspecified atom stereocenters. The first-order valence-electron chi connectivity index (χ1n) is 7.35. The Balaban J connectivity index is 2.17. The van der Waals surface area contributed by atoms with Crippen LogP contribution in [0.3, 0.4) is 0 Å². The highest BCUT2D eigenvalue weighted by atomic mass is 32.2. The van der Waals surface area contributed by atoms with E-state index in [9.17, 15) is 13.2 Å². The quantitative estimate of drug-likeness (QED) is 0.853. The molecule has 22 heavy (non-hydrogen) atoms. The maximum Gasteiger partial charge on any atom is 0.251 e. The van der Waals surface area contributed by atoms with E-state index in [1.165, 1.54) is 16.4 Å². The molecular weight excluding hydrogens is 304 g/mol. The summed E-state index contributed by atoms with van der Waals surface area (Å²) < 4.78 is 31.5. The molecule has 1 saturated heterocycles. The molecule has 0 aromatic heterocycles. The van der Waals surface area contributed by atoms with Crippen LogP contribution < -0.4 is 5.32 Å². The van der Waals surface area contributed by atoms with Gasteiger partial charge in [0.05, 0.1) is 11.5 Å². The first-order chi connectivity index (χ1) is 10.4. The molecule has 1 amide bonds. The number of nitrogens with zero attached hydrogens (tertiary/aromatic N) is 1. The van der Waals surface area contributed by atoms with Crippen molar-refractivity contribution in [1.82, 2.24) is 9.62 Å². The molecule has 0 spiro atoms. The Hall–Kier alpha value is -1.44. The monoisotopic (exact) mass is 326 g/mol. The predicted molar refractivity (Wildman–Crippen MR) is 83.2 cm³/mol. The molecule has 1 aliphatic heterocycles. The Morgan fingerprint density at radius 3 is 2.68 bits per heavy atom. The van der Waals surface area contributed by atoms with Crippen molar-refractivity contribution in [2.45, 2.75) is 30.7 Å². The highest BCUT2D eigenvalue weighted by molar-refractivity contribution is 7.89. The van der Waals surface area contributed by atoms with Gasteiger partial charge in [0.2, 0.25) is 10.0 Å². The molecule has 1 fully saturated rings. The Morgan fingerprint density at radius 1 is 1.36 bits per heavy atom. The third-order valence-electron chi connectivity index (χ3n) is 3.59. The summed E-state index contributed by atoms with van der Waals surface area (Å²) in [6.45, 7) is 3.32. The van der Waals surface area contributed by atoms with Gasteiger partial charge in [0.25, 0.3) is 5.91 Å². The third kappa shape index (κ3) is 3.85. The summed E-state index contributed by atoms with van der Waals surface area (Å²) in [7, 11) is -1.94. The minimum atomic E-state index is -3.50. The van der Waals surface area contributed by atoms with Crippen molar-refractivity contribution in [1.29, 1.82) is 0 Å². The fraction of sp³-hybridized carbons (Fsp3) is 0.533. The van der Waals surface area contributed by atoms with Crippen molar-refractivity contribution in [3.63, 3.8) is 0 Å². The first-order valence-corrected chi connectivity index (χ1v) is 8.79. The summed E-state index contributed by atoms with van der Waals surface area (Å²) in [4.78, 5) is 12.3. The lowest BCUT2D eigenvalue weighted by Gasteiger charge is -2.16. The zero-order chi connectivity index (χ0) is 16.2. The molecule has 2 rings (SSSR count). The van der Waals surface area contributed by atoms with E-state index >= 15 is 0 Å². The number of ether oxygens (including phenoxy) is 1. The Kier molecular flexibility index (Phi) is 5.55. The molecule has 1 aliphatic rings. The van der Waals surface area contributed by atoms with Crippen LogP contribution in [0.15, 0.2) is 29.2 Å². The molecule has 6 nitrogen and oxygen atoms in total. The second-order valence-corrected chi connectivity index (χ2v) is 7.41. The minimum absolute atomic E-state index is 0.142. The van der Waals surface area contributed by atoms with Crippen molar-refractivity contribution in [3.8, 4) is 0 Å². The van der Waals surface area contributed by atoms with Gasteiger partial charge in [-0.25, -0.2) is 8.42 Å². The molecule has 7 heteroatoms. The van der Waals surface area contributed by atoms with Crippen LogP contribution in [0.1, 0.15) is 30.1 Å². The molecular formula is C15H22N2O4S. The zero-order valence-corrected chi connectivity index (χ0v) is 13.7. The lowest BCUT2D eigenvalue weighted by atomic mass is 10.2. The second-order valence-electron chi connectivity index (χ2n) is 5.47. The first kappa shape index (κ1) is 16.9. The summed E-state index contributed by atoms with van der Waals surface area (Å²) >= 11 is 0. The van der Waals surface area contributed by atoms with E-state index < -0.39 is 10.0 Å². The van der Waals surface area contributed by atoms with E-state index in [1.807, 2.05) is 6.92 Å². The van der Waals surface area contributed by atoms with Crippen LogP contribution in [0.4, 0.5) is 0 Å². The predicted octanol–water partition coefficient (Wildman–Crippen LogP) is 1.24. The molecule has 1 atom stereocenters. The fourth-order valence-electron chi connectivity index (χ4n) is 2.47. The van der Waals surface area contributed by atoms with Crippen molar-refractivity contribution >= 4 is 15.9 Å².